The van der Waals surface area contributed by atoms with Gasteiger partial charge in [0, 0.05) is 5.56 Å². The number of nitrogens with zero attached hydrogens (tertiary/aromatic N) is 1. The molecule has 0 N–H and O–H groups in total. The molecule has 0 spiro atoms. The third kappa shape index (κ3) is 5.11. The molecule has 4 heteroatoms. The molecule has 0 radical (unpaired) electrons. The molecule has 3 aromatic carbocycles. The summed E-state index contributed by atoms with van der Waals surface area (Å²) in [6.45, 7) is 0.850. The van der Waals surface area contributed by atoms with E-state index in [1.807, 2.05) is 84.9 Å². The van der Waals surface area contributed by atoms with Crippen LogP contribution in [0.5, 0.6) is 11.5 Å². The summed E-state index contributed by atoms with van der Waals surface area (Å²) in [6, 6.07) is 27.5. The molecule has 0 aliphatic heterocycles. The second-order valence-corrected chi connectivity index (χ2v) is 5.62. The lowest BCUT2D eigenvalue weighted by atomic mass is 10.1. The maximum absolute atomic E-state index is 5.84. The summed E-state index contributed by atoms with van der Waals surface area (Å²) >= 11 is 0. The van der Waals surface area contributed by atoms with Crippen molar-refractivity contribution in [2.45, 2.75) is 6.61 Å². The minimum atomic E-state index is 0.331. The second-order valence-electron chi connectivity index (χ2n) is 5.62. The highest BCUT2D eigenvalue weighted by atomic mass is 16.6. The molecule has 0 aliphatic rings. The lowest BCUT2D eigenvalue weighted by molar-refractivity contribution is 0.210. The highest BCUT2D eigenvalue weighted by Gasteiger charge is 2.06. The molecule has 0 heterocycles. The van der Waals surface area contributed by atoms with Gasteiger partial charge in [-0.1, -0.05) is 65.8 Å². The first kappa shape index (κ1) is 17.5. The minimum absolute atomic E-state index is 0.331. The zero-order valence-corrected chi connectivity index (χ0v) is 14.7. The van der Waals surface area contributed by atoms with E-state index in [0.717, 1.165) is 28.3 Å². The zero-order valence-electron chi connectivity index (χ0n) is 14.7. The van der Waals surface area contributed by atoms with Crippen LogP contribution < -0.4 is 9.47 Å². The van der Waals surface area contributed by atoms with Crippen molar-refractivity contribution < 1.29 is 14.3 Å². The maximum Gasteiger partial charge on any atom is 0.134 e. The largest absolute Gasteiger partial charge is 0.489 e. The normalized spacial score (nSPS) is 11.0. The van der Waals surface area contributed by atoms with Gasteiger partial charge in [-0.2, -0.15) is 0 Å². The van der Waals surface area contributed by atoms with Crippen LogP contribution in [0.4, 0.5) is 0 Å². The Balaban J connectivity index is 1.56. The Kier molecular flexibility index (Phi) is 6.26. The van der Waals surface area contributed by atoms with Crippen molar-refractivity contribution in [3.8, 4) is 11.5 Å². The molecular weight excluding hydrogens is 326 g/mol. The van der Waals surface area contributed by atoms with Crippen LogP contribution in [0.1, 0.15) is 11.1 Å². The lowest BCUT2D eigenvalue weighted by Crippen LogP contribution is -2.13. The predicted octanol–water partition coefficient (Wildman–Crippen LogP) is 4.70. The molecule has 3 aromatic rings. The summed E-state index contributed by atoms with van der Waals surface area (Å²) in [5, 5.41) is 4.06. The fourth-order valence-electron chi connectivity index (χ4n) is 2.42. The summed E-state index contributed by atoms with van der Waals surface area (Å²) in [7, 11) is 1.53. The summed E-state index contributed by atoms with van der Waals surface area (Å²) in [5.41, 5.74) is 2.79. The van der Waals surface area contributed by atoms with E-state index in [9.17, 15) is 0 Å². The number of rotatable bonds is 8. The monoisotopic (exact) mass is 347 g/mol. The van der Waals surface area contributed by atoms with Crippen molar-refractivity contribution in [3.63, 3.8) is 0 Å². The summed E-state index contributed by atoms with van der Waals surface area (Å²) in [6.07, 6.45) is 0. The van der Waals surface area contributed by atoms with Gasteiger partial charge in [0.2, 0.25) is 0 Å². The number of oxime groups is 1. The number of para-hydroxylation sites is 1. The minimum Gasteiger partial charge on any atom is -0.489 e. The van der Waals surface area contributed by atoms with E-state index in [2.05, 4.69) is 5.16 Å². The van der Waals surface area contributed by atoms with E-state index in [1.54, 1.807) is 0 Å². The van der Waals surface area contributed by atoms with Crippen LogP contribution in [0.15, 0.2) is 90.1 Å². The highest BCUT2D eigenvalue weighted by molar-refractivity contribution is 6.01. The van der Waals surface area contributed by atoms with Gasteiger partial charge in [-0.15, -0.1) is 0 Å². The average molecular weight is 347 g/mol. The van der Waals surface area contributed by atoms with Gasteiger partial charge in [0.05, 0.1) is 0 Å². The number of hydrogen-bond donors (Lipinski definition) is 0. The maximum atomic E-state index is 5.84. The van der Waals surface area contributed by atoms with E-state index in [-0.39, 0.29) is 0 Å². The molecule has 132 valence electrons. The average Bonchev–Trinajstić information content (AvgIpc) is 2.72. The number of ether oxygens (including phenoxy) is 2. The Morgan fingerprint density at radius 1 is 0.731 bits per heavy atom. The zero-order chi connectivity index (χ0) is 18.0. The van der Waals surface area contributed by atoms with Gasteiger partial charge in [0.15, 0.2) is 0 Å². The summed E-state index contributed by atoms with van der Waals surface area (Å²) in [4.78, 5) is 4.93. The smallest absolute Gasteiger partial charge is 0.134 e. The first-order valence-corrected chi connectivity index (χ1v) is 8.40. The number of benzene rings is 3. The molecule has 0 saturated heterocycles. The van der Waals surface area contributed by atoms with Gasteiger partial charge in [0.25, 0.3) is 0 Å². The van der Waals surface area contributed by atoms with E-state index < -0.39 is 0 Å². The van der Waals surface area contributed by atoms with Crippen LogP contribution in [0.3, 0.4) is 0 Å². The molecule has 4 nitrogen and oxygen atoms in total. The van der Waals surface area contributed by atoms with Crippen molar-refractivity contribution in [2.75, 3.05) is 13.7 Å². The Labute approximate surface area is 153 Å². The first-order valence-electron chi connectivity index (χ1n) is 8.40. The van der Waals surface area contributed by atoms with Crippen LogP contribution in [0, 0.1) is 0 Å². The third-order valence-corrected chi connectivity index (χ3v) is 3.76. The fourth-order valence-corrected chi connectivity index (χ4v) is 2.42. The van der Waals surface area contributed by atoms with Gasteiger partial charge < -0.3 is 14.3 Å². The standard InChI is InChI=1S/C22H21NO3/c1-24-23-22(19-8-4-2-5-9-19)17-26-21-14-12-18(13-15-21)16-25-20-10-6-3-7-11-20/h2-15H,16-17H2,1H3/b23-22+. The molecule has 26 heavy (non-hydrogen) atoms. The number of hydrogen-bond acceptors (Lipinski definition) is 4. The van der Waals surface area contributed by atoms with Crippen molar-refractivity contribution in [3.05, 3.63) is 96.1 Å². The van der Waals surface area contributed by atoms with E-state index in [1.165, 1.54) is 7.11 Å². The molecule has 0 bridgehead atoms. The van der Waals surface area contributed by atoms with Crippen LogP contribution in [-0.4, -0.2) is 19.4 Å². The quantitative estimate of drug-likeness (QED) is 0.438. The Morgan fingerprint density at radius 3 is 2.00 bits per heavy atom. The summed E-state index contributed by atoms with van der Waals surface area (Å²) in [5.74, 6) is 1.63. The first-order chi connectivity index (χ1) is 12.8. The van der Waals surface area contributed by atoms with Gasteiger partial charge >= 0.3 is 0 Å². The lowest BCUT2D eigenvalue weighted by Gasteiger charge is -2.10. The van der Waals surface area contributed by atoms with Gasteiger partial charge in [-0.3, -0.25) is 0 Å². The van der Waals surface area contributed by atoms with Gasteiger partial charge in [-0.05, 0) is 29.8 Å². The topological polar surface area (TPSA) is 40.0 Å². The fraction of sp³-hybridized carbons (Fsp3) is 0.136. The predicted molar refractivity (Wildman–Crippen MR) is 103 cm³/mol. The van der Waals surface area contributed by atoms with Gasteiger partial charge in [-0.25, -0.2) is 0 Å². The van der Waals surface area contributed by atoms with Crippen molar-refractivity contribution >= 4 is 5.71 Å². The Bertz CT molecular complexity index is 815. The van der Waals surface area contributed by atoms with Crippen molar-refractivity contribution in [1.29, 1.82) is 0 Å². The highest BCUT2D eigenvalue weighted by Crippen LogP contribution is 2.16. The van der Waals surface area contributed by atoms with Crippen LogP contribution >= 0.6 is 0 Å². The van der Waals surface area contributed by atoms with Crippen LogP contribution in [0.25, 0.3) is 0 Å². The third-order valence-electron chi connectivity index (χ3n) is 3.76. The molecule has 0 saturated carbocycles. The molecule has 0 aromatic heterocycles. The van der Waals surface area contributed by atoms with Crippen LogP contribution in [0.2, 0.25) is 0 Å². The molecule has 0 atom stereocenters. The van der Waals surface area contributed by atoms with E-state index in [0.29, 0.717) is 13.2 Å². The van der Waals surface area contributed by atoms with Gasteiger partial charge in [0.1, 0.15) is 37.5 Å². The van der Waals surface area contributed by atoms with E-state index >= 15 is 0 Å². The Morgan fingerprint density at radius 2 is 1.35 bits per heavy atom. The van der Waals surface area contributed by atoms with Crippen LogP contribution in [-0.2, 0) is 11.4 Å². The molecule has 0 aliphatic carbocycles. The molecule has 0 amide bonds. The second kappa shape index (κ2) is 9.28. The van der Waals surface area contributed by atoms with Crippen molar-refractivity contribution in [1.82, 2.24) is 0 Å². The molecular formula is C22H21NO3. The van der Waals surface area contributed by atoms with Crippen molar-refractivity contribution in [2.24, 2.45) is 5.16 Å². The SMILES string of the molecule is CO/N=C(\COc1ccc(COc2ccccc2)cc1)c1ccccc1. The molecule has 3 rings (SSSR count). The van der Waals surface area contributed by atoms with E-state index in [4.69, 9.17) is 14.3 Å². The molecule has 0 unspecified atom stereocenters. The summed E-state index contributed by atoms with van der Waals surface area (Å²) < 4.78 is 11.6. The Hall–Kier alpha value is -3.27. The molecule has 0 fully saturated rings.